The van der Waals surface area contributed by atoms with Crippen molar-refractivity contribution in [2.75, 3.05) is 0 Å². The zero-order valence-corrected chi connectivity index (χ0v) is 17.0. The van der Waals surface area contributed by atoms with Gasteiger partial charge in [0, 0.05) is 16.6 Å². The molecule has 0 saturated carbocycles. The maximum atomic E-state index is 13.2. The Bertz CT molecular complexity index is 1270. The maximum Gasteiger partial charge on any atom is 0.339 e. The fraction of sp³-hybridized carbons (Fsp3) is 0.250. The topological polar surface area (TPSA) is 78.1 Å². The molecule has 7 heteroatoms. The first kappa shape index (κ1) is 19.4. The number of pyridine rings is 1. The summed E-state index contributed by atoms with van der Waals surface area (Å²) in [5, 5.41) is 8.80. The first-order valence-corrected chi connectivity index (χ1v) is 10.3. The second kappa shape index (κ2) is 7.91. The number of benzene rings is 2. The minimum atomic E-state index is -0.736. The van der Waals surface area contributed by atoms with Crippen LogP contribution >= 0.6 is 0 Å². The van der Waals surface area contributed by atoms with Gasteiger partial charge in [0.05, 0.1) is 11.1 Å². The molecule has 6 nitrogen and oxygen atoms in total. The molecule has 0 saturated heterocycles. The monoisotopic (exact) mass is 417 g/mol. The number of aromatic nitrogens is 3. The van der Waals surface area contributed by atoms with Crippen LogP contribution in [0, 0.1) is 5.82 Å². The first-order chi connectivity index (χ1) is 15.1. The van der Waals surface area contributed by atoms with Gasteiger partial charge in [-0.05, 0) is 68.5 Å². The van der Waals surface area contributed by atoms with Gasteiger partial charge >= 0.3 is 5.97 Å². The molecule has 0 aliphatic heterocycles. The minimum absolute atomic E-state index is 0.180. The van der Waals surface area contributed by atoms with Gasteiger partial charge in [-0.2, -0.15) is 0 Å². The van der Waals surface area contributed by atoms with E-state index in [0.29, 0.717) is 11.1 Å². The van der Waals surface area contributed by atoms with Crippen LogP contribution in [0.25, 0.3) is 22.4 Å². The Balaban J connectivity index is 1.44. The molecular weight excluding hydrogens is 397 g/mol. The highest BCUT2D eigenvalue weighted by Gasteiger charge is 2.26. The summed E-state index contributed by atoms with van der Waals surface area (Å²) in [7, 11) is 0. The highest BCUT2D eigenvalue weighted by atomic mass is 19.1. The van der Waals surface area contributed by atoms with Crippen molar-refractivity contribution < 1.29 is 18.3 Å². The largest absolute Gasteiger partial charge is 0.449 e. The molecule has 1 aliphatic carbocycles. The summed E-state index contributed by atoms with van der Waals surface area (Å²) in [6.45, 7) is 1.69. The van der Waals surface area contributed by atoms with E-state index in [-0.39, 0.29) is 17.6 Å². The predicted molar refractivity (Wildman–Crippen MR) is 112 cm³/mol. The lowest BCUT2D eigenvalue weighted by atomic mass is 9.90. The van der Waals surface area contributed by atoms with Crippen LogP contribution in [0.3, 0.4) is 0 Å². The van der Waals surface area contributed by atoms with E-state index >= 15 is 0 Å². The van der Waals surface area contributed by atoms with Gasteiger partial charge in [0.15, 0.2) is 6.10 Å². The molecule has 156 valence electrons. The van der Waals surface area contributed by atoms with Crippen molar-refractivity contribution in [3.05, 3.63) is 77.1 Å². The Morgan fingerprint density at radius 3 is 2.68 bits per heavy atom. The quantitative estimate of drug-likeness (QED) is 0.424. The molecule has 2 aromatic heterocycles. The lowest BCUT2D eigenvalue weighted by Crippen LogP contribution is -2.17. The van der Waals surface area contributed by atoms with Crippen molar-refractivity contribution in [1.82, 2.24) is 15.2 Å². The number of para-hydroxylation sites is 1. The Kier molecular flexibility index (Phi) is 4.94. The zero-order valence-electron chi connectivity index (χ0n) is 17.0. The number of esters is 1. The van der Waals surface area contributed by atoms with Gasteiger partial charge in [-0.25, -0.2) is 9.18 Å². The van der Waals surface area contributed by atoms with Gasteiger partial charge in [0.1, 0.15) is 5.82 Å². The van der Waals surface area contributed by atoms with Gasteiger partial charge in [-0.3, -0.25) is 4.98 Å². The lowest BCUT2D eigenvalue weighted by molar-refractivity contribution is 0.0280. The van der Waals surface area contributed by atoms with E-state index in [2.05, 4.69) is 10.2 Å². The van der Waals surface area contributed by atoms with E-state index in [1.165, 1.54) is 12.1 Å². The molecular formula is C24H20FN3O3. The van der Waals surface area contributed by atoms with Crippen LogP contribution in [0.2, 0.25) is 0 Å². The van der Waals surface area contributed by atoms with Crippen molar-refractivity contribution in [3.8, 4) is 11.5 Å². The van der Waals surface area contributed by atoms with Crippen molar-refractivity contribution >= 4 is 16.9 Å². The molecule has 2 heterocycles. The summed E-state index contributed by atoms with van der Waals surface area (Å²) in [6, 6.07) is 13.4. The molecule has 2 aromatic carbocycles. The van der Waals surface area contributed by atoms with Crippen LogP contribution in [0.15, 0.2) is 52.9 Å². The van der Waals surface area contributed by atoms with E-state index < -0.39 is 12.1 Å². The number of aryl methyl sites for hydroxylation is 1. The number of carbonyl (C=O) groups excluding carboxylic acids is 1. The minimum Gasteiger partial charge on any atom is -0.449 e. The summed E-state index contributed by atoms with van der Waals surface area (Å²) < 4.78 is 24.6. The van der Waals surface area contributed by atoms with Gasteiger partial charge < -0.3 is 9.15 Å². The van der Waals surface area contributed by atoms with Gasteiger partial charge in [-0.15, -0.1) is 10.2 Å². The number of carbonyl (C=O) groups is 1. The van der Waals surface area contributed by atoms with E-state index in [9.17, 15) is 9.18 Å². The van der Waals surface area contributed by atoms with Gasteiger partial charge in [0.25, 0.3) is 5.89 Å². The summed E-state index contributed by atoms with van der Waals surface area (Å²) in [6.07, 6.45) is 3.02. The van der Waals surface area contributed by atoms with Gasteiger partial charge in [0.2, 0.25) is 5.89 Å². The second-order valence-electron chi connectivity index (χ2n) is 7.64. The lowest BCUT2D eigenvalue weighted by Gasteiger charge is -2.20. The third kappa shape index (κ3) is 3.67. The average molecular weight is 417 g/mol. The summed E-state index contributed by atoms with van der Waals surface area (Å²) in [5.41, 5.74) is 3.90. The summed E-state index contributed by atoms with van der Waals surface area (Å²) in [4.78, 5) is 18.0. The van der Waals surface area contributed by atoms with E-state index in [4.69, 9.17) is 14.1 Å². The van der Waals surface area contributed by atoms with Crippen LogP contribution in [-0.2, 0) is 17.6 Å². The standard InChI is InChI=1S/C24H20FN3O3/c1-14(22-27-28-23(31-22)15-10-12-16(25)13-11-15)30-24(29)21-17-6-2-4-8-19(17)26-20-9-5-3-7-18(20)21/h2,4,6,8,10-14H,3,5,7,9H2,1H3/t14-/m1/s1. The third-order valence-electron chi connectivity index (χ3n) is 5.54. The second-order valence-corrected chi connectivity index (χ2v) is 7.64. The Hall–Kier alpha value is -3.61. The highest BCUT2D eigenvalue weighted by molar-refractivity contribution is 6.05. The van der Waals surface area contributed by atoms with Crippen LogP contribution < -0.4 is 0 Å². The number of halogens is 1. The van der Waals surface area contributed by atoms with Crippen molar-refractivity contribution in [2.24, 2.45) is 0 Å². The first-order valence-electron chi connectivity index (χ1n) is 10.3. The van der Waals surface area contributed by atoms with E-state index in [0.717, 1.165) is 47.8 Å². The smallest absolute Gasteiger partial charge is 0.339 e. The molecule has 0 bridgehead atoms. The van der Waals surface area contributed by atoms with Crippen LogP contribution in [0.1, 0.15) is 53.4 Å². The van der Waals surface area contributed by atoms with Crippen LogP contribution in [0.5, 0.6) is 0 Å². The van der Waals surface area contributed by atoms with Gasteiger partial charge in [-0.1, -0.05) is 18.2 Å². The molecule has 31 heavy (non-hydrogen) atoms. The van der Waals surface area contributed by atoms with Crippen molar-refractivity contribution in [1.29, 1.82) is 0 Å². The molecule has 0 fully saturated rings. The number of fused-ring (bicyclic) bond motifs is 2. The van der Waals surface area contributed by atoms with E-state index in [1.54, 1.807) is 19.1 Å². The number of hydrogen-bond donors (Lipinski definition) is 0. The number of hydrogen-bond acceptors (Lipinski definition) is 6. The molecule has 0 amide bonds. The Morgan fingerprint density at radius 1 is 1.06 bits per heavy atom. The molecule has 5 rings (SSSR count). The normalized spacial score (nSPS) is 14.3. The number of nitrogens with zero attached hydrogens (tertiary/aromatic N) is 3. The summed E-state index contributed by atoms with van der Waals surface area (Å²) >= 11 is 0. The number of ether oxygens (including phenoxy) is 1. The Labute approximate surface area is 178 Å². The molecule has 1 aliphatic rings. The number of rotatable bonds is 4. The molecule has 1 atom stereocenters. The molecule has 0 N–H and O–H groups in total. The van der Waals surface area contributed by atoms with Crippen molar-refractivity contribution in [2.45, 2.75) is 38.7 Å². The molecule has 0 spiro atoms. The SMILES string of the molecule is C[C@@H](OC(=O)c1c2c(nc3ccccc13)CCCC2)c1nnc(-c2ccc(F)cc2)o1. The molecule has 0 unspecified atom stereocenters. The van der Waals surface area contributed by atoms with Crippen molar-refractivity contribution in [3.63, 3.8) is 0 Å². The predicted octanol–water partition coefficient (Wildman–Crippen LogP) is 5.22. The average Bonchev–Trinajstić information content (AvgIpc) is 3.28. The molecule has 4 aromatic rings. The van der Waals surface area contributed by atoms with Crippen LogP contribution in [-0.4, -0.2) is 21.2 Å². The maximum absolute atomic E-state index is 13.2. The highest BCUT2D eigenvalue weighted by Crippen LogP contribution is 2.31. The third-order valence-corrected chi connectivity index (χ3v) is 5.54. The Morgan fingerprint density at radius 2 is 1.84 bits per heavy atom. The fourth-order valence-electron chi connectivity index (χ4n) is 3.98. The fourth-order valence-corrected chi connectivity index (χ4v) is 3.98. The van der Waals surface area contributed by atoms with Crippen LogP contribution in [0.4, 0.5) is 4.39 Å². The zero-order chi connectivity index (χ0) is 21.4. The van der Waals surface area contributed by atoms with E-state index in [1.807, 2.05) is 24.3 Å². The molecule has 0 radical (unpaired) electrons. The summed E-state index contributed by atoms with van der Waals surface area (Å²) in [5.74, 6) is -0.353.